The summed E-state index contributed by atoms with van der Waals surface area (Å²) >= 11 is 0. The molecular formula is C19H24FIN4O3. The van der Waals surface area contributed by atoms with Gasteiger partial charge in [0.2, 0.25) is 0 Å². The van der Waals surface area contributed by atoms with Gasteiger partial charge in [0.25, 0.3) is 5.69 Å². The van der Waals surface area contributed by atoms with Crippen LogP contribution in [0.15, 0.2) is 53.5 Å². The largest absolute Gasteiger partial charge is 0.383 e. The minimum Gasteiger partial charge on any atom is -0.383 e. The monoisotopic (exact) mass is 502 g/mol. The predicted octanol–water partition coefficient (Wildman–Crippen LogP) is 3.58. The molecule has 0 unspecified atom stereocenters. The molecule has 2 rings (SSSR count). The van der Waals surface area contributed by atoms with Crippen LogP contribution in [0.3, 0.4) is 0 Å². The van der Waals surface area contributed by atoms with Gasteiger partial charge in [0.05, 0.1) is 18.1 Å². The van der Waals surface area contributed by atoms with Gasteiger partial charge in [-0.25, -0.2) is 9.38 Å². The van der Waals surface area contributed by atoms with Crippen LogP contribution in [0.2, 0.25) is 0 Å². The molecule has 0 saturated carbocycles. The molecule has 0 aliphatic rings. The Morgan fingerprint density at radius 2 is 1.79 bits per heavy atom. The maximum absolute atomic E-state index is 13.1. The Hall–Kier alpha value is -2.27. The van der Waals surface area contributed by atoms with Crippen LogP contribution in [0.5, 0.6) is 0 Å². The van der Waals surface area contributed by atoms with Crippen LogP contribution < -0.4 is 5.32 Å². The lowest BCUT2D eigenvalue weighted by Crippen LogP contribution is -2.40. The molecule has 0 radical (unpaired) electrons. The molecule has 0 bridgehead atoms. The lowest BCUT2D eigenvalue weighted by molar-refractivity contribution is -0.384. The maximum atomic E-state index is 13.1. The number of nitrogens with zero attached hydrogens (tertiary/aromatic N) is 3. The van der Waals surface area contributed by atoms with Crippen molar-refractivity contribution in [2.75, 3.05) is 27.3 Å². The number of nitrogens with one attached hydrogen (secondary N) is 1. The van der Waals surface area contributed by atoms with Crippen molar-refractivity contribution in [1.82, 2.24) is 10.2 Å². The van der Waals surface area contributed by atoms with Crippen molar-refractivity contribution >= 4 is 35.6 Å². The van der Waals surface area contributed by atoms with Gasteiger partial charge in [-0.2, -0.15) is 0 Å². The van der Waals surface area contributed by atoms with Crippen LogP contribution >= 0.6 is 24.0 Å². The number of rotatable bonds is 8. The van der Waals surface area contributed by atoms with Crippen molar-refractivity contribution < 1.29 is 14.1 Å². The van der Waals surface area contributed by atoms with Crippen molar-refractivity contribution in [2.24, 2.45) is 4.99 Å². The predicted molar refractivity (Wildman–Crippen MR) is 117 cm³/mol. The standard InChI is InChI=1S/C19H23FN4O3.HI/c1-23(14-16-3-7-17(20)8-4-16)19(21-11-12-27-2)22-13-15-5-9-18(10-6-15)24(25)26;/h3-10H,11-14H2,1-2H3,(H,21,22);1H. The normalized spacial score (nSPS) is 10.9. The number of non-ortho nitro benzene ring substituents is 1. The summed E-state index contributed by atoms with van der Waals surface area (Å²) in [5.41, 5.74) is 1.87. The third-order valence-corrected chi connectivity index (χ3v) is 3.84. The van der Waals surface area contributed by atoms with Crippen LogP contribution in [0.4, 0.5) is 10.1 Å². The van der Waals surface area contributed by atoms with Gasteiger partial charge in [-0.15, -0.1) is 24.0 Å². The number of ether oxygens (including phenoxy) is 1. The second-order valence-electron chi connectivity index (χ2n) is 5.97. The molecule has 0 saturated heterocycles. The smallest absolute Gasteiger partial charge is 0.269 e. The molecule has 2 aromatic rings. The van der Waals surface area contributed by atoms with E-state index in [9.17, 15) is 14.5 Å². The van der Waals surface area contributed by atoms with Crippen molar-refractivity contribution in [2.45, 2.75) is 13.1 Å². The van der Waals surface area contributed by atoms with E-state index in [4.69, 9.17) is 4.74 Å². The summed E-state index contributed by atoms with van der Waals surface area (Å²) in [7, 11) is 3.51. The van der Waals surface area contributed by atoms with Crippen LogP contribution in [0.25, 0.3) is 0 Å². The third kappa shape index (κ3) is 7.77. The van der Waals surface area contributed by atoms with Gasteiger partial charge >= 0.3 is 0 Å². The molecule has 152 valence electrons. The molecule has 0 amide bonds. The highest BCUT2D eigenvalue weighted by atomic mass is 127. The molecule has 0 aliphatic heterocycles. The second-order valence-corrected chi connectivity index (χ2v) is 5.97. The molecule has 0 spiro atoms. The van der Waals surface area contributed by atoms with E-state index in [2.05, 4.69) is 10.3 Å². The average Bonchev–Trinajstić information content (AvgIpc) is 2.66. The minimum atomic E-state index is -0.429. The highest BCUT2D eigenvalue weighted by Gasteiger charge is 2.08. The summed E-state index contributed by atoms with van der Waals surface area (Å²) in [6, 6.07) is 12.6. The van der Waals surface area contributed by atoms with E-state index in [-0.39, 0.29) is 35.5 Å². The van der Waals surface area contributed by atoms with Gasteiger partial charge in [-0.3, -0.25) is 10.1 Å². The Morgan fingerprint density at radius 3 is 2.36 bits per heavy atom. The van der Waals surface area contributed by atoms with Gasteiger partial charge in [0.1, 0.15) is 5.82 Å². The molecule has 7 nitrogen and oxygen atoms in total. The molecular weight excluding hydrogens is 478 g/mol. The summed E-state index contributed by atoms with van der Waals surface area (Å²) < 4.78 is 18.1. The molecule has 0 aromatic heterocycles. The van der Waals surface area contributed by atoms with Gasteiger partial charge < -0.3 is 15.0 Å². The molecule has 28 heavy (non-hydrogen) atoms. The summed E-state index contributed by atoms with van der Waals surface area (Å²) in [6.07, 6.45) is 0. The number of nitro groups is 1. The first-order valence-corrected chi connectivity index (χ1v) is 8.45. The zero-order valence-corrected chi connectivity index (χ0v) is 18.1. The molecule has 0 fully saturated rings. The molecule has 9 heteroatoms. The lowest BCUT2D eigenvalue weighted by atomic mass is 10.2. The number of hydrogen-bond acceptors (Lipinski definition) is 4. The third-order valence-electron chi connectivity index (χ3n) is 3.84. The highest BCUT2D eigenvalue weighted by Crippen LogP contribution is 2.13. The number of methoxy groups -OCH3 is 1. The number of aliphatic imine (C=N–C) groups is 1. The summed E-state index contributed by atoms with van der Waals surface area (Å²) in [5, 5.41) is 14.0. The molecule has 2 aromatic carbocycles. The summed E-state index contributed by atoms with van der Waals surface area (Å²) in [5.74, 6) is 0.390. The second kappa shape index (κ2) is 12.2. The number of guanidine groups is 1. The van der Waals surface area contributed by atoms with Gasteiger partial charge in [0.15, 0.2) is 5.96 Å². The fraction of sp³-hybridized carbons (Fsp3) is 0.316. The average molecular weight is 502 g/mol. The quantitative estimate of drug-likeness (QED) is 0.149. The minimum absolute atomic E-state index is 0. The summed E-state index contributed by atoms with van der Waals surface area (Å²) in [4.78, 5) is 16.8. The van der Waals surface area contributed by atoms with E-state index >= 15 is 0 Å². The molecule has 0 heterocycles. The van der Waals surface area contributed by atoms with E-state index in [0.29, 0.717) is 32.2 Å². The fourth-order valence-electron chi connectivity index (χ4n) is 2.40. The van der Waals surface area contributed by atoms with E-state index in [1.807, 2.05) is 11.9 Å². The first-order valence-electron chi connectivity index (χ1n) is 8.45. The molecule has 0 atom stereocenters. The maximum Gasteiger partial charge on any atom is 0.269 e. The Kier molecular flexibility index (Phi) is 10.4. The van der Waals surface area contributed by atoms with Crippen molar-refractivity contribution in [3.63, 3.8) is 0 Å². The van der Waals surface area contributed by atoms with E-state index in [0.717, 1.165) is 11.1 Å². The Labute approximate surface area is 180 Å². The number of hydrogen-bond donors (Lipinski definition) is 1. The number of nitro benzene ring substituents is 1. The fourth-order valence-corrected chi connectivity index (χ4v) is 2.40. The van der Waals surface area contributed by atoms with E-state index < -0.39 is 4.92 Å². The van der Waals surface area contributed by atoms with Gasteiger partial charge in [-0.05, 0) is 23.3 Å². The zero-order chi connectivity index (χ0) is 19.6. The Bertz CT molecular complexity index is 770. The van der Waals surface area contributed by atoms with Crippen LogP contribution in [0, 0.1) is 15.9 Å². The van der Waals surface area contributed by atoms with Gasteiger partial charge in [0, 0.05) is 39.4 Å². The first-order chi connectivity index (χ1) is 13.0. The van der Waals surface area contributed by atoms with E-state index in [1.165, 1.54) is 24.3 Å². The Balaban J connectivity index is 0.00000392. The number of benzene rings is 2. The Morgan fingerprint density at radius 1 is 1.18 bits per heavy atom. The van der Waals surface area contributed by atoms with E-state index in [1.54, 1.807) is 31.4 Å². The van der Waals surface area contributed by atoms with Crippen LogP contribution in [0.1, 0.15) is 11.1 Å². The molecule has 1 N–H and O–H groups in total. The zero-order valence-electron chi connectivity index (χ0n) is 15.8. The van der Waals surface area contributed by atoms with Crippen molar-refractivity contribution in [1.29, 1.82) is 0 Å². The number of halogens is 2. The van der Waals surface area contributed by atoms with Crippen LogP contribution in [-0.2, 0) is 17.8 Å². The van der Waals surface area contributed by atoms with Crippen molar-refractivity contribution in [3.8, 4) is 0 Å². The SMILES string of the molecule is COCCNC(=NCc1ccc([N+](=O)[O-])cc1)N(C)Cc1ccc(F)cc1.I. The lowest BCUT2D eigenvalue weighted by Gasteiger charge is -2.22. The van der Waals surface area contributed by atoms with Crippen molar-refractivity contribution in [3.05, 3.63) is 75.6 Å². The van der Waals surface area contributed by atoms with Crippen LogP contribution in [-0.4, -0.2) is 43.1 Å². The summed E-state index contributed by atoms with van der Waals surface area (Å²) in [6.45, 7) is 2.05. The highest BCUT2D eigenvalue weighted by molar-refractivity contribution is 14.0. The topological polar surface area (TPSA) is 80.0 Å². The van der Waals surface area contributed by atoms with Gasteiger partial charge in [-0.1, -0.05) is 24.3 Å². The first kappa shape index (κ1) is 23.8. The molecule has 0 aliphatic carbocycles.